The maximum Gasteiger partial charge on any atom is 0.454 e. The van der Waals surface area contributed by atoms with Gasteiger partial charge >= 0.3 is 6.18 Å². The number of carbonyl (C=O) groups is 1. The van der Waals surface area contributed by atoms with E-state index in [1.807, 2.05) is 0 Å². The van der Waals surface area contributed by atoms with Crippen LogP contribution in [0.4, 0.5) is 23.2 Å². The van der Waals surface area contributed by atoms with Gasteiger partial charge in [-0.2, -0.15) is 13.2 Å². The van der Waals surface area contributed by atoms with Crippen molar-refractivity contribution < 1.29 is 22.4 Å². The van der Waals surface area contributed by atoms with Gasteiger partial charge in [-0.25, -0.2) is 4.39 Å². The van der Waals surface area contributed by atoms with Crippen LogP contribution < -0.4 is 5.32 Å². The maximum atomic E-state index is 12.5. The van der Waals surface area contributed by atoms with Gasteiger partial charge in [0.15, 0.2) is 0 Å². The third kappa shape index (κ3) is 4.26. The van der Waals surface area contributed by atoms with E-state index < -0.39 is 17.8 Å². The largest absolute Gasteiger partial charge is 0.454 e. The zero-order valence-electron chi connectivity index (χ0n) is 8.81. The van der Waals surface area contributed by atoms with E-state index in [1.165, 1.54) is 19.1 Å². The van der Waals surface area contributed by atoms with Crippen LogP contribution >= 0.6 is 0 Å². The van der Waals surface area contributed by atoms with Gasteiger partial charge in [0.2, 0.25) is 0 Å². The maximum absolute atomic E-state index is 12.5. The van der Waals surface area contributed by atoms with Crippen molar-refractivity contribution in [2.75, 3.05) is 5.32 Å². The summed E-state index contributed by atoms with van der Waals surface area (Å²) >= 11 is 0. The van der Waals surface area contributed by atoms with Gasteiger partial charge in [0, 0.05) is 17.5 Å². The topological polar surface area (TPSA) is 29.1 Å². The van der Waals surface area contributed by atoms with Crippen molar-refractivity contribution in [1.82, 2.24) is 0 Å². The molecule has 1 aromatic rings. The van der Waals surface area contributed by atoms with Crippen LogP contribution in [0.1, 0.15) is 6.92 Å². The molecule has 2 nitrogen and oxygen atoms in total. The second kappa shape index (κ2) is 4.99. The molecule has 0 aliphatic heterocycles. The number of halogens is 4. The second-order valence-corrected chi connectivity index (χ2v) is 3.32. The molecule has 17 heavy (non-hydrogen) atoms. The minimum absolute atomic E-state index is 0.0268. The Kier molecular flexibility index (Phi) is 3.88. The van der Waals surface area contributed by atoms with Gasteiger partial charge in [-0.15, -0.1) is 0 Å². The average Bonchev–Trinajstić information content (AvgIpc) is 2.20. The number of nitrogens with one attached hydrogen (secondary N) is 1. The summed E-state index contributed by atoms with van der Waals surface area (Å²) in [4.78, 5) is 10.6. The van der Waals surface area contributed by atoms with Crippen LogP contribution in [0.15, 0.2) is 36.0 Å². The fourth-order valence-electron chi connectivity index (χ4n) is 1.08. The normalized spacial score (nSPS) is 12.4. The molecule has 0 saturated heterocycles. The van der Waals surface area contributed by atoms with Crippen molar-refractivity contribution in [2.45, 2.75) is 13.1 Å². The molecule has 1 aromatic carbocycles. The van der Waals surface area contributed by atoms with Crippen LogP contribution in [0.25, 0.3) is 0 Å². The van der Waals surface area contributed by atoms with Gasteiger partial charge in [0.1, 0.15) is 5.82 Å². The van der Waals surface area contributed by atoms with E-state index in [-0.39, 0.29) is 5.70 Å². The first-order valence-corrected chi connectivity index (χ1v) is 4.61. The number of hydrogen-bond acceptors (Lipinski definition) is 2. The van der Waals surface area contributed by atoms with Crippen molar-refractivity contribution in [3.63, 3.8) is 0 Å². The molecule has 1 rings (SSSR count). The molecule has 0 fully saturated rings. The number of hydrogen-bond donors (Lipinski definition) is 1. The molecule has 0 amide bonds. The van der Waals surface area contributed by atoms with E-state index >= 15 is 0 Å². The van der Waals surface area contributed by atoms with E-state index in [1.54, 1.807) is 0 Å². The fraction of sp³-hybridized carbons (Fsp3) is 0.182. The van der Waals surface area contributed by atoms with E-state index in [2.05, 4.69) is 5.32 Å². The lowest BCUT2D eigenvalue weighted by atomic mass is 10.2. The van der Waals surface area contributed by atoms with Crippen LogP contribution in [0.5, 0.6) is 0 Å². The van der Waals surface area contributed by atoms with Crippen LogP contribution in [-0.2, 0) is 4.79 Å². The van der Waals surface area contributed by atoms with E-state index in [0.29, 0.717) is 11.8 Å². The SMILES string of the molecule is C/C(=C\C(=O)C(F)(F)F)Nc1ccc(F)cc1. The summed E-state index contributed by atoms with van der Waals surface area (Å²) in [5, 5.41) is 2.55. The summed E-state index contributed by atoms with van der Waals surface area (Å²) in [6.45, 7) is 1.31. The highest BCUT2D eigenvalue weighted by Crippen LogP contribution is 2.18. The van der Waals surface area contributed by atoms with Crippen molar-refractivity contribution in [3.8, 4) is 0 Å². The number of rotatable bonds is 3. The van der Waals surface area contributed by atoms with E-state index in [4.69, 9.17) is 0 Å². The summed E-state index contributed by atoms with van der Waals surface area (Å²) in [7, 11) is 0. The van der Waals surface area contributed by atoms with Crippen LogP contribution in [0.3, 0.4) is 0 Å². The minimum Gasteiger partial charge on any atom is -0.359 e. The summed E-state index contributed by atoms with van der Waals surface area (Å²) in [5.41, 5.74) is 0.425. The number of carbonyl (C=O) groups excluding carboxylic acids is 1. The number of benzene rings is 1. The molecule has 0 heterocycles. The third-order valence-electron chi connectivity index (χ3n) is 1.81. The lowest BCUT2D eigenvalue weighted by Gasteiger charge is -2.07. The van der Waals surface area contributed by atoms with Crippen molar-refractivity contribution in [3.05, 3.63) is 41.9 Å². The lowest BCUT2D eigenvalue weighted by molar-refractivity contribution is -0.165. The van der Waals surface area contributed by atoms with Crippen molar-refractivity contribution in [2.24, 2.45) is 0 Å². The van der Waals surface area contributed by atoms with Crippen molar-refractivity contribution in [1.29, 1.82) is 0 Å². The first-order chi connectivity index (χ1) is 7.79. The highest BCUT2D eigenvalue weighted by Gasteiger charge is 2.36. The second-order valence-electron chi connectivity index (χ2n) is 3.32. The van der Waals surface area contributed by atoms with Gasteiger partial charge in [-0.05, 0) is 31.2 Å². The molecule has 0 atom stereocenters. The first kappa shape index (κ1) is 13.2. The first-order valence-electron chi connectivity index (χ1n) is 4.61. The molecule has 0 unspecified atom stereocenters. The Bertz CT molecular complexity index is 434. The molecule has 92 valence electrons. The average molecular weight is 247 g/mol. The molecule has 0 radical (unpaired) electrons. The lowest BCUT2D eigenvalue weighted by Crippen LogP contribution is -2.21. The third-order valence-corrected chi connectivity index (χ3v) is 1.81. The predicted molar refractivity (Wildman–Crippen MR) is 54.8 cm³/mol. The molecule has 0 aliphatic rings. The Morgan fingerprint density at radius 2 is 1.76 bits per heavy atom. The molecule has 0 spiro atoms. The predicted octanol–water partition coefficient (Wildman–Crippen LogP) is 3.27. The van der Waals surface area contributed by atoms with Crippen LogP contribution in [0, 0.1) is 5.82 Å². The van der Waals surface area contributed by atoms with Gasteiger partial charge in [-0.3, -0.25) is 4.79 Å². The standard InChI is InChI=1S/C11H9F4NO/c1-7(6-10(17)11(13,14)15)16-9-4-2-8(12)3-5-9/h2-6,16H,1H3/b7-6+. The van der Waals surface area contributed by atoms with E-state index in [9.17, 15) is 22.4 Å². The summed E-state index contributed by atoms with van der Waals surface area (Å²) in [6, 6.07) is 5.01. The minimum atomic E-state index is -4.88. The molecule has 6 heteroatoms. The van der Waals surface area contributed by atoms with Crippen LogP contribution in [0.2, 0.25) is 0 Å². The summed E-state index contributed by atoms with van der Waals surface area (Å²) < 4.78 is 48.3. The molecular weight excluding hydrogens is 238 g/mol. The number of anilines is 1. The van der Waals surface area contributed by atoms with Gasteiger partial charge in [0.25, 0.3) is 5.78 Å². The van der Waals surface area contributed by atoms with Gasteiger partial charge in [-0.1, -0.05) is 0 Å². The Balaban J connectivity index is 2.72. The summed E-state index contributed by atoms with van der Waals surface area (Å²) in [5.74, 6) is -2.40. The van der Waals surface area contributed by atoms with Crippen molar-refractivity contribution >= 4 is 11.5 Å². The quantitative estimate of drug-likeness (QED) is 0.656. The number of allylic oxidation sites excluding steroid dienone is 2. The monoisotopic (exact) mass is 247 g/mol. The van der Waals surface area contributed by atoms with Gasteiger partial charge in [0.05, 0.1) is 0 Å². The molecule has 0 bridgehead atoms. The Morgan fingerprint density at radius 1 is 1.24 bits per heavy atom. The van der Waals surface area contributed by atoms with E-state index in [0.717, 1.165) is 12.1 Å². The zero-order chi connectivity index (χ0) is 13.1. The fourth-order valence-corrected chi connectivity index (χ4v) is 1.08. The van der Waals surface area contributed by atoms with Crippen LogP contribution in [-0.4, -0.2) is 12.0 Å². The van der Waals surface area contributed by atoms with Gasteiger partial charge < -0.3 is 5.32 Å². The molecule has 1 N–H and O–H groups in total. The number of ketones is 1. The Hall–Kier alpha value is -1.85. The highest BCUT2D eigenvalue weighted by atomic mass is 19.4. The smallest absolute Gasteiger partial charge is 0.359 e. The number of alkyl halides is 3. The molecule has 0 aliphatic carbocycles. The molecular formula is C11H9F4NO. The zero-order valence-corrected chi connectivity index (χ0v) is 8.81. The highest BCUT2D eigenvalue weighted by molar-refractivity contribution is 5.95. The summed E-state index contributed by atoms with van der Waals surface area (Å²) in [6.07, 6.45) is -4.44. The molecule has 0 aromatic heterocycles. The Morgan fingerprint density at radius 3 is 2.24 bits per heavy atom. The Labute approximate surface area is 94.9 Å². The molecule has 0 saturated carbocycles.